The van der Waals surface area contributed by atoms with Gasteiger partial charge in [0.15, 0.2) is 0 Å². The summed E-state index contributed by atoms with van der Waals surface area (Å²) in [5.41, 5.74) is 1.02. The zero-order valence-corrected chi connectivity index (χ0v) is 12.4. The van der Waals surface area contributed by atoms with E-state index in [1.54, 1.807) is 0 Å². The normalized spacial score (nSPS) is 11.5. The fourth-order valence-electron chi connectivity index (χ4n) is 3.37. The number of carboxylic acids is 1. The van der Waals surface area contributed by atoms with Crippen LogP contribution in [0.3, 0.4) is 0 Å². The van der Waals surface area contributed by atoms with Gasteiger partial charge in [0.05, 0.1) is 0 Å². The second-order valence-corrected chi connectivity index (χ2v) is 5.81. The van der Waals surface area contributed by atoms with Gasteiger partial charge in [0.1, 0.15) is 0 Å². The number of ketones is 1. The maximum absolute atomic E-state index is 11.4. The summed E-state index contributed by atoms with van der Waals surface area (Å²) in [6.45, 7) is 0. The van der Waals surface area contributed by atoms with Gasteiger partial charge < -0.3 is 5.11 Å². The van der Waals surface area contributed by atoms with Gasteiger partial charge in [-0.25, -0.2) is 4.79 Å². The molecule has 0 aliphatic rings. The first-order valence-electron chi connectivity index (χ1n) is 7.57. The summed E-state index contributed by atoms with van der Waals surface area (Å²) in [5, 5.41) is 15.8. The summed E-state index contributed by atoms with van der Waals surface area (Å²) >= 11 is 0. The second-order valence-electron chi connectivity index (χ2n) is 5.81. The van der Waals surface area contributed by atoms with Gasteiger partial charge in [0, 0.05) is 6.42 Å². The topological polar surface area (TPSA) is 54.4 Å². The van der Waals surface area contributed by atoms with Gasteiger partial charge in [0.25, 0.3) is 0 Å². The van der Waals surface area contributed by atoms with Crippen molar-refractivity contribution in [2.75, 3.05) is 0 Å². The van der Waals surface area contributed by atoms with Gasteiger partial charge >= 0.3 is 5.97 Å². The Morgan fingerprint density at radius 3 is 2.09 bits per heavy atom. The quantitative estimate of drug-likeness (QED) is 0.454. The molecule has 0 aliphatic heterocycles. The number of hydrogen-bond donors (Lipinski definition) is 1. The van der Waals surface area contributed by atoms with E-state index < -0.39 is 11.8 Å². The Balaban J connectivity index is 1.93. The molecule has 3 nitrogen and oxygen atoms in total. The Morgan fingerprint density at radius 1 is 0.783 bits per heavy atom. The molecule has 0 heterocycles. The lowest BCUT2D eigenvalue weighted by Crippen LogP contribution is -2.13. The van der Waals surface area contributed by atoms with E-state index in [0.717, 1.165) is 16.3 Å². The molecule has 0 amide bonds. The molecule has 0 aliphatic carbocycles. The average Bonchev–Trinajstić information content (AvgIpc) is 2.58. The average molecular weight is 302 g/mol. The summed E-state index contributed by atoms with van der Waals surface area (Å²) in [4.78, 5) is 22.1. The monoisotopic (exact) mass is 302 g/mol. The molecule has 4 aromatic rings. The molecule has 0 saturated carbocycles. The van der Waals surface area contributed by atoms with Crippen LogP contribution in [0.25, 0.3) is 32.3 Å². The van der Waals surface area contributed by atoms with Crippen molar-refractivity contribution < 1.29 is 14.7 Å². The second kappa shape index (κ2) is 5.06. The highest BCUT2D eigenvalue weighted by Gasteiger charge is 2.14. The Morgan fingerprint density at radius 2 is 1.39 bits per heavy atom. The molecule has 4 rings (SSSR count). The summed E-state index contributed by atoms with van der Waals surface area (Å²) < 4.78 is 0. The minimum atomic E-state index is -1.36. The van der Waals surface area contributed by atoms with Crippen molar-refractivity contribution in [2.45, 2.75) is 12.8 Å². The maximum atomic E-state index is 11.4. The van der Waals surface area contributed by atoms with Gasteiger partial charge in [-0.2, -0.15) is 0 Å². The molecule has 112 valence electrons. The van der Waals surface area contributed by atoms with Crippen LogP contribution in [0, 0.1) is 0 Å². The third-order valence-corrected chi connectivity index (χ3v) is 4.48. The Bertz CT molecular complexity index is 1050. The maximum Gasteiger partial charge on any atom is 0.372 e. The number of carbonyl (C=O) groups excluding carboxylic acids is 1. The first kappa shape index (κ1) is 13.7. The molecule has 1 N–H and O–H groups in total. The van der Waals surface area contributed by atoms with Gasteiger partial charge in [-0.15, -0.1) is 0 Å². The summed E-state index contributed by atoms with van der Waals surface area (Å²) in [5.74, 6) is -2.10. The van der Waals surface area contributed by atoms with E-state index in [9.17, 15) is 9.59 Å². The van der Waals surface area contributed by atoms with Crippen molar-refractivity contribution in [1.29, 1.82) is 0 Å². The Kier molecular flexibility index (Phi) is 3.01. The van der Waals surface area contributed by atoms with Crippen molar-refractivity contribution in [3.8, 4) is 0 Å². The lowest BCUT2D eigenvalue weighted by molar-refractivity contribution is -0.149. The molecule has 4 aromatic carbocycles. The van der Waals surface area contributed by atoms with Crippen molar-refractivity contribution in [2.24, 2.45) is 0 Å². The molecule has 3 heteroatoms. The minimum absolute atomic E-state index is 0.0271. The molecule has 23 heavy (non-hydrogen) atoms. The minimum Gasteiger partial charge on any atom is -0.476 e. The molecule has 0 spiro atoms. The fourth-order valence-corrected chi connectivity index (χ4v) is 3.37. The van der Waals surface area contributed by atoms with Gasteiger partial charge in [0.2, 0.25) is 5.78 Å². The van der Waals surface area contributed by atoms with Crippen LogP contribution in [0.1, 0.15) is 12.0 Å². The van der Waals surface area contributed by atoms with Crippen LogP contribution in [0.15, 0.2) is 54.6 Å². The van der Waals surface area contributed by atoms with Crippen LogP contribution in [0.4, 0.5) is 0 Å². The molecule has 0 fully saturated rings. The molecule has 0 unspecified atom stereocenters. The first-order chi connectivity index (χ1) is 11.1. The number of carboxylic acid groups (broad SMARTS) is 1. The lowest BCUT2D eigenvalue weighted by Gasteiger charge is -2.13. The van der Waals surface area contributed by atoms with Crippen LogP contribution < -0.4 is 0 Å². The van der Waals surface area contributed by atoms with Crippen LogP contribution in [0.5, 0.6) is 0 Å². The Labute approximate surface area is 132 Å². The molecule has 0 radical (unpaired) electrons. The van der Waals surface area contributed by atoms with E-state index in [1.807, 2.05) is 12.1 Å². The number of hydrogen-bond acceptors (Lipinski definition) is 2. The van der Waals surface area contributed by atoms with Crippen molar-refractivity contribution in [3.63, 3.8) is 0 Å². The van der Waals surface area contributed by atoms with Crippen molar-refractivity contribution in [3.05, 3.63) is 60.2 Å². The van der Waals surface area contributed by atoms with Crippen molar-refractivity contribution in [1.82, 2.24) is 0 Å². The summed E-state index contributed by atoms with van der Waals surface area (Å²) in [6, 6.07) is 18.7. The number of Topliss-reactive ketones (excluding diaryl/α,β-unsaturated/α-hetero) is 1. The number of benzene rings is 4. The highest BCUT2D eigenvalue weighted by atomic mass is 16.4. The van der Waals surface area contributed by atoms with Crippen molar-refractivity contribution >= 4 is 44.1 Å². The molecule has 0 atom stereocenters. The predicted octanol–water partition coefficient (Wildman–Crippen LogP) is 4.17. The molecule has 0 bridgehead atoms. The van der Waals surface area contributed by atoms with E-state index in [4.69, 9.17) is 5.11 Å². The highest BCUT2D eigenvalue weighted by molar-refractivity contribution is 6.32. The largest absolute Gasteiger partial charge is 0.476 e. The van der Waals surface area contributed by atoms with Gasteiger partial charge in [-0.1, -0.05) is 54.6 Å². The van der Waals surface area contributed by atoms with Crippen LogP contribution in [-0.2, 0) is 16.0 Å². The third kappa shape index (κ3) is 2.13. The smallest absolute Gasteiger partial charge is 0.372 e. The third-order valence-electron chi connectivity index (χ3n) is 4.48. The summed E-state index contributed by atoms with van der Waals surface area (Å²) in [7, 11) is 0. The molecule has 0 saturated heterocycles. The number of carbonyl (C=O) groups is 2. The Hall–Kier alpha value is -2.94. The van der Waals surface area contributed by atoms with Crippen LogP contribution in [0.2, 0.25) is 0 Å². The molecular formula is C20H14O3. The zero-order valence-electron chi connectivity index (χ0n) is 12.4. The molecular weight excluding hydrogens is 288 g/mol. The first-order valence-corrected chi connectivity index (χ1v) is 7.57. The standard InChI is InChI=1S/C20H14O3/c21-17(20(22)23)11-9-12-4-5-15-7-6-13-2-1-3-14-8-10-16(12)19(15)18(13)14/h1-8,10H,9,11H2,(H,22,23). The zero-order chi connectivity index (χ0) is 16.0. The van der Waals surface area contributed by atoms with E-state index in [1.165, 1.54) is 21.5 Å². The van der Waals surface area contributed by atoms with E-state index in [-0.39, 0.29) is 6.42 Å². The van der Waals surface area contributed by atoms with Crippen LogP contribution >= 0.6 is 0 Å². The summed E-state index contributed by atoms with van der Waals surface area (Å²) in [6.07, 6.45) is 0.471. The van der Waals surface area contributed by atoms with E-state index in [2.05, 4.69) is 42.5 Å². The number of aliphatic carboxylic acids is 1. The van der Waals surface area contributed by atoms with E-state index in [0.29, 0.717) is 6.42 Å². The van der Waals surface area contributed by atoms with Gasteiger partial charge in [-0.05, 0) is 44.3 Å². The number of rotatable bonds is 4. The molecule has 0 aromatic heterocycles. The number of aryl methyl sites for hydroxylation is 1. The fraction of sp³-hybridized carbons (Fsp3) is 0.100. The predicted molar refractivity (Wildman–Crippen MR) is 91.1 cm³/mol. The SMILES string of the molecule is O=C(O)C(=O)CCc1ccc2ccc3cccc4ccc1c2c34. The van der Waals surface area contributed by atoms with Gasteiger partial charge in [-0.3, -0.25) is 4.79 Å². The van der Waals surface area contributed by atoms with E-state index >= 15 is 0 Å². The van der Waals surface area contributed by atoms with Crippen LogP contribution in [-0.4, -0.2) is 16.9 Å². The lowest BCUT2D eigenvalue weighted by atomic mass is 9.90. The highest BCUT2D eigenvalue weighted by Crippen LogP contribution is 2.36.